The molecule has 1 heterocycles. The first-order chi connectivity index (χ1) is 5.29. The lowest BCUT2D eigenvalue weighted by molar-refractivity contribution is 0.840. The van der Waals surface area contributed by atoms with Crippen LogP contribution in [0.4, 0.5) is 0 Å². The Morgan fingerprint density at radius 1 is 1.64 bits per heavy atom. The van der Waals surface area contributed by atoms with Gasteiger partial charge in [-0.1, -0.05) is 13.0 Å². The van der Waals surface area contributed by atoms with E-state index in [2.05, 4.69) is 18.8 Å². The Balaban J connectivity index is 2.39. The Morgan fingerprint density at radius 2 is 2.45 bits per heavy atom. The molecule has 0 aliphatic rings. The van der Waals surface area contributed by atoms with Crippen molar-refractivity contribution in [3.63, 3.8) is 0 Å². The van der Waals surface area contributed by atoms with Crippen molar-refractivity contribution < 1.29 is 0 Å². The highest BCUT2D eigenvalue weighted by Crippen LogP contribution is 2.16. The minimum atomic E-state index is 0.488. The van der Waals surface area contributed by atoms with E-state index in [4.69, 9.17) is 0 Å². The molecule has 1 aromatic rings. The third-order valence-electron chi connectivity index (χ3n) is 1.15. The van der Waals surface area contributed by atoms with Crippen LogP contribution in [0.1, 0.15) is 6.92 Å². The molecule has 1 rings (SSSR count). The van der Waals surface area contributed by atoms with Crippen LogP contribution in [0.2, 0.25) is 0 Å². The van der Waals surface area contributed by atoms with Crippen molar-refractivity contribution in [1.82, 2.24) is 4.98 Å². The van der Waals surface area contributed by atoms with Crippen molar-refractivity contribution >= 4 is 11.8 Å². The standard InChI is InChI=1S/C9H12NS/c1-8(2)7-11-9-5-3-4-6-10-9/h3-6,8H,1,7H2,2H3. The summed E-state index contributed by atoms with van der Waals surface area (Å²) in [7, 11) is 0. The van der Waals surface area contributed by atoms with Gasteiger partial charge in [-0.2, -0.15) is 0 Å². The lowest BCUT2D eigenvalue weighted by Gasteiger charge is -2.01. The maximum Gasteiger partial charge on any atom is 0.0959 e. The average Bonchev–Trinajstić information content (AvgIpc) is 2.03. The number of rotatable bonds is 3. The Labute approximate surface area is 72.2 Å². The van der Waals surface area contributed by atoms with Gasteiger partial charge in [-0.25, -0.2) is 4.98 Å². The molecular formula is C9H12NS. The lowest BCUT2D eigenvalue weighted by Crippen LogP contribution is -1.91. The molecule has 0 aliphatic heterocycles. The van der Waals surface area contributed by atoms with Crippen molar-refractivity contribution in [2.75, 3.05) is 5.75 Å². The number of pyridine rings is 1. The summed E-state index contributed by atoms with van der Waals surface area (Å²) in [6.07, 6.45) is 1.82. The summed E-state index contributed by atoms with van der Waals surface area (Å²) in [4.78, 5) is 4.19. The van der Waals surface area contributed by atoms with Crippen LogP contribution >= 0.6 is 11.8 Å². The summed E-state index contributed by atoms with van der Waals surface area (Å²) in [5.41, 5.74) is 0. The van der Waals surface area contributed by atoms with Crippen molar-refractivity contribution in [3.8, 4) is 0 Å². The molecule has 2 heteroatoms. The zero-order chi connectivity index (χ0) is 8.10. The van der Waals surface area contributed by atoms with E-state index in [1.165, 1.54) is 0 Å². The van der Waals surface area contributed by atoms with Gasteiger partial charge in [-0.3, -0.25) is 0 Å². The third-order valence-corrected chi connectivity index (χ3v) is 2.43. The summed E-state index contributed by atoms with van der Waals surface area (Å²) in [5.74, 6) is 1.53. The van der Waals surface area contributed by atoms with Crippen LogP contribution in [0.3, 0.4) is 0 Å². The van der Waals surface area contributed by atoms with E-state index >= 15 is 0 Å². The van der Waals surface area contributed by atoms with E-state index in [9.17, 15) is 0 Å². The molecule has 11 heavy (non-hydrogen) atoms. The lowest BCUT2D eigenvalue weighted by atomic mass is 10.3. The first kappa shape index (κ1) is 8.60. The second-order valence-corrected chi connectivity index (χ2v) is 3.62. The molecule has 0 N–H and O–H groups in total. The third kappa shape index (κ3) is 3.42. The molecule has 1 nitrogen and oxygen atoms in total. The van der Waals surface area contributed by atoms with Crippen LogP contribution in [0.15, 0.2) is 29.4 Å². The van der Waals surface area contributed by atoms with Gasteiger partial charge in [0.15, 0.2) is 0 Å². The second kappa shape index (κ2) is 4.39. The maximum atomic E-state index is 4.19. The van der Waals surface area contributed by atoms with Crippen LogP contribution in [-0.2, 0) is 0 Å². The van der Waals surface area contributed by atoms with Crippen LogP contribution < -0.4 is 0 Å². The highest BCUT2D eigenvalue weighted by atomic mass is 32.2. The van der Waals surface area contributed by atoms with E-state index in [0.29, 0.717) is 5.92 Å². The minimum absolute atomic E-state index is 0.488. The zero-order valence-corrected chi connectivity index (χ0v) is 7.47. The number of aromatic nitrogens is 1. The summed E-state index contributed by atoms with van der Waals surface area (Å²) in [6, 6.07) is 5.95. The van der Waals surface area contributed by atoms with Gasteiger partial charge >= 0.3 is 0 Å². The van der Waals surface area contributed by atoms with Gasteiger partial charge in [0.1, 0.15) is 0 Å². The van der Waals surface area contributed by atoms with E-state index < -0.39 is 0 Å². The average molecular weight is 166 g/mol. The van der Waals surface area contributed by atoms with E-state index in [1.54, 1.807) is 11.8 Å². The smallest absolute Gasteiger partial charge is 0.0959 e. The molecule has 1 aromatic heterocycles. The summed E-state index contributed by atoms with van der Waals surface area (Å²) >= 11 is 1.75. The molecule has 0 spiro atoms. The van der Waals surface area contributed by atoms with Gasteiger partial charge in [0, 0.05) is 11.9 Å². The molecule has 1 radical (unpaired) electrons. The molecule has 1 unspecified atom stereocenters. The Kier molecular flexibility index (Phi) is 3.43. The van der Waals surface area contributed by atoms with Crippen LogP contribution in [0.25, 0.3) is 0 Å². The molecular weight excluding hydrogens is 154 g/mol. The van der Waals surface area contributed by atoms with Crippen LogP contribution in [0, 0.1) is 12.8 Å². The largest absolute Gasteiger partial charge is 0.250 e. The van der Waals surface area contributed by atoms with Crippen molar-refractivity contribution in [1.29, 1.82) is 0 Å². The SMILES string of the molecule is [CH2]C(C)CSc1ccccn1. The quantitative estimate of drug-likeness (QED) is 0.640. The van der Waals surface area contributed by atoms with Crippen molar-refractivity contribution in [2.45, 2.75) is 11.9 Å². The monoisotopic (exact) mass is 166 g/mol. The predicted molar refractivity (Wildman–Crippen MR) is 49.5 cm³/mol. The second-order valence-electron chi connectivity index (χ2n) is 2.58. The maximum absolute atomic E-state index is 4.19. The highest BCUT2D eigenvalue weighted by molar-refractivity contribution is 7.99. The molecule has 0 amide bonds. The van der Waals surface area contributed by atoms with E-state index in [0.717, 1.165) is 10.8 Å². The Morgan fingerprint density at radius 3 is 3.00 bits per heavy atom. The first-order valence-electron chi connectivity index (χ1n) is 3.66. The minimum Gasteiger partial charge on any atom is -0.250 e. The van der Waals surface area contributed by atoms with Crippen LogP contribution in [-0.4, -0.2) is 10.7 Å². The van der Waals surface area contributed by atoms with Gasteiger partial charge in [-0.05, 0) is 25.0 Å². The summed E-state index contributed by atoms with van der Waals surface area (Å²) in [5, 5.41) is 1.09. The van der Waals surface area contributed by atoms with Crippen LogP contribution in [0.5, 0.6) is 0 Å². The van der Waals surface area contributed by atoms with Gasteiger partial charge in [0.05, 0.1) is 5.03 Å². The fourth-order valence-corrected chi connectivity index (χ4v) is 1.43. The molecule has 0 saturated heterocycles. The van der Waals surface area contributed by atoms with Gasteiger partial charge in [0.2, 0.25) is 0 Å². The Bertz CT molecular complexity index is 196. The number of hydrogen-bond donors (Lipinski definition) is 0. The molecule has 59 valence electrons. The highest BCUT2D eigenvalue weighted by Gasteiger charge is 1.96. The number of hydrogen-bond acceptors (Lipinski definition) is 2. The molecule has 0 aliphatic carbocycles. The summed E-state index contributed by atoms with van der Waals surface area (Å²) in [6.45, 7) is 6.01. The van der Waals surface area contributed by atoms with Gasteiger partial charge in [-0.15, -0.1) is 11.8 Å². The molecule has 0 fully saturated rings. The number of nitrogens with zero attached hydrogens (tertiary/aromatic N) is 1. The fraction of sp³-hybridized carbons (Fsp3) is 0.333. The van der Waals surface area contributed by atoms with E-state index in [1.807, 2.05) is 24.4 Å². The van der Waals surface area contributed by atoms with Crippen molar-refractivity contribution in [3.05, 3.63) is 31.3 Å². The fourth-order valence-electron chi connectivity index (χ4n) is 0.660. The number of thioether (sulfide) groups is 1. The normalized spacial score (nSPS) is 10.5. The zero-order valence-electron chi connectivity index (χ0n) is 6.66. The summed E-state index contributed by atoms with van der Waals surface area (Å²) < 4.78 is 0. The molecule has 0 saturated carbocycles. The molecule has 1 atom stereocenters. The van der Waals surface area contributed by atoms with Gasteiger partial charge < -0.3 is 0 Å². The first-order valence-corrected chi connectivity index (χ1v) is 4.64. The predicted octanol–water partition coefficient (Wildman–Crippen LogP) is 2.64. The van der Waals surface area contributed by atoms with E-state index in [-0.39, 0.29) is 0 Å². The van der Waals surface area contributed by atoms with Gasteiger partial charge in [0.25, 0.3) is 0 Å². The topological polar surface area (TPSA) is 12.9 Å². The Hall–Kier alpha value is -0.500. The molecule has 0 bridgehead atoms. The van der Waals surface area contributed by atoms with Crippen molar-refractivity contribution in [2.24, 2.45) is 5.92 Å². The molecule has 0 aromatic carbocycles.